The molecule has 37 heavy (non-hydrogen) atoms. The van der Waals surface area contributed by atoms with Gasteiger partial charge in [0.1, 0.15) is 11.0 Å². The van der Waals surface area contributed by atoms with E-state index in [2.05, 4.69) is 6.92 Å². The van der Waals surface area contributed by atoms with E-state index in [1.165, 1.54) is 25.5 Å². The van der Waals surface area contributed by atoms with E-state index < -0.39 is 33.7 Å². The number of hydrogen-bond acceptors (Lipinski definition) is 6. The standard InChI is InChI=1S/C30H44O6S/c1-6-9-23(7-2)27(31)29(5,19-35-37(33,34)26-12-10-20(4)11-13-26)28(32)36-30(8-3)24-15-21-14-22(17-24)18-25(30)16-21/h10-13,21-25H,6-9,14-19H2,1-5H3. The monoisotopic (exact) mass is 532 g/mol. The Bertz CT molecular complexity index is 1060. The number of aryl methyl sites for hydroxylation is 1. The van der Waals surface area contributed by atoms with Crippen LogP contribution in [-0.4, -0.2) is 32.4 Å². The number of Topliss-reactive ketones (excluding diaryl/α,β-unsaturated/α-hetero) is 1. The van der Waals surface area contributed by atoms with Gasteiger partial charge in [0, 0.05) is 5.92 Å². The van der Waals surface area contributed by atoms with Gasteiger partial charge in [-0.25, -0.2) is 0 Å². The number of ketones is 1. The number of ether oxygens (including phenoxy) is 1. The van der Waals surface area contributed by atoms with Gasteiger partial charge in [-0.15, -0.1) is 0 Å². The van der Waals surface area contributed by atoms with Gasteiger partial charge in [-0.1, -0.05) is 44.9 Å². The topological polar surface area (TPSA) is 86.7 Å². The van der Waals surface area contributed by atoms with Crippen molar-refractivity contribution in [1.29, 1.82) is 0 Å². The minimum absolute atomic E-state index is 0.00734. The second-order valence-electron chi connectivity index (χ2n) is 12.1. The molecule has 5 rings (SSSR count). The molecule has 2 unspecified atom stereocenters. The maximum Gasteiger partial charge on any atom is 0.322 e. The molecule has 6 nitrogen and oxygen atoms in total. The number of hydrogen-bond donors (Lipinski definition) is 0. The lowest BCUT2D eigenvalue weighted by Crippen LogP contribution is -2.61. The van der Waals surface area contributed by atoms with E-state index in [4.69, 9.17) is 8.92 Å². The molecular formula is C30H44O6S. The number of carbonyl (C=O) groups is 2. The highest BCUT2D eigenvalue weighted by atomic mass is 32.2. The van der Waals surface area contributed by atoms with Crippen molar-refractivity contribution in [3.05, 3.63) is 29.8 Å². The first-order chi connectivity index (χ1) is 17.5. The predicted molar refractivity (Wildman–Crippen MR) is 142 cm³/mol. The zero-order valence-corrected chi connectivity index (χ0v) is 23.9. The van der Waals surface area contributed by atoms with Gasteiger partial charge in [0.15, 0.2) is 5.78 Å². The van der Waals surface area contributed by atoms with E-state index in [1.54, 1.807) is 12.1 Å². The Hall–Kier alpha value is -1.73. The van der Waals surface area contributed by atoms with Crippen LogP contribution < -0.4 is 0 Å². The lowest BCUT2D eigenvalue weighted by molar-refractivity contribution is -0.219. The van der Waals surface area contributed by atoms with Crippen LogP contribution in [0.4, 0.5) is 0 Å². The molecule has 4 fully saturated rings. The molecule has 0 aliphatic heterocycles. The maximum absolute atomic E-state index is 14.1. The fourth-order valence-electron chi connectivity index (χ4n) is 7.60. The quantitative estimate of drug-likeness (QED) is 0.180. The molecular weight excluding hydrogens is 488 g/mol. The van der Waals surface area contributed by atoms with Gasteiger partial charge >= 0.3 is 5.97 Å². The van der Waals surface area contributed by atoms with Crippen LogP contribution in [0.2, 0.25) is 0 Å². The smallest absolute Gasteiger partial charge is 0.322 e. The molecule has 0 spiro atoms. The number of rotatable bonds is 12. The third-order valence-electron chi connectivity index (χ3n) is 9.66. The molecule has 206 valence electrons. The fraction of sp³-hybridized carbons (Fsp3) is 0.733. The van der Waals surface area contributed by atoms with Crippen LogP contribution >= 0.6 is 0 Å². The van der Waals surface area contributed by atoms with E-state index in [-0.39, 0.29) is 16.6 Å². The normalized spacial score (nSPS) is 31.1. The zero-order valence-electron chi connectivity index (χ0n) is 23.1. The highest BCUT2D eigenvalue weighted by molar-refractivity contribution is 7.86. The Labute approximate surface area is 223 Å². The molecule has 4 aliphatic carbocycles. The molecule has 0 radical (unpaired) electrons. The average molecular weight is 533 g/mol. The molecule has 4 bridgehead atoms. The Kier molecular flexibility index (Phi) is 8.25. The van der Waals surface area contributed by atoms with Gasteiger partial charge < -0.3 is 4.74 Å². The van der Waals surface area contributed by atoms with Crippen molar-refractivity contribution in [3.63, 3.8) is 0 Å². The van der Waals surface area contributed by atoms with Crippen LogP contribution in [0.5, 0.6) is 0 Å². The molecule has 0 amide bonds. The first-order valence-electron chi connectivity index (χ1n) is 14.2. The summed E-state index contributed by atoms with van der Waals surface area (Å²) in [5.41, 5.74) is -1.35. The second kappa shape index (κ2) is 10.8. The molecule has 0 N–H and O–H groups in total. The molecule has 1 aromatic carbocycles. The predicted octanol–water partition coefficient (Wildman–Crippen LogP) is 6.25. The summed E-state index contributed by atoms with van der Waals surface area (Å²) >= 11 is 0. The first-order valence-corrected chi connectivity index (χ1v) is 15.6. The molecule has 0 heterocycles. The van der Waals surface area contributed by atoms with Crippen molar-refractivity contribution in [2.24, 2.45) is 35.0 Å². The van der Waals surface area contributed by atoms with Gasteiger partial charge in [-0.05, 0) is 101 Å². The van der Waals surface area contributed by atoms with Crippen molar-refractivity contribution in [1.82, 2.24) is 0 Å². The van der Waals surface area contributed by atoms with E-state index in [0.717, 1.165) is 37.7 Å². The van der Waals surface area contributed by atoms with Gasteiger partial charge in [-0.3, -0.25) is 13.8 Å². The highest BCUT2D eigenvalue weighted by Crippen LogP contribution is 2.61. The first kappa shape index (κ1) is 28.3. The van der Waals surface area contributed by atoms with Crippen LogP contribution in [0.1, 0.15) is 91.0 Å². The molecule has 4 aliphatic rings. The summed E-state index contributed by atoms with van der Waals surface area (Å²) in [6.07, 6.45) is 8.31. The molecule has 0 saturated heterocycles. The van der Waals surface area contributed by atoms with Crippen LogP contribution in [0.15, 0.2) is 29.2 Å². The second-order valence-corrected chi connectivity index (χ2v) is 13.7. The Morgan fingerprint density at radius 2 is 1.57 bits per heavy atom. The van der Waals surface area contributed by atoms with Crippen molar-refractivity contribution in [3.8, 4) is 0 Å². The Morgan fingerprint density at radius 3 is 2.05 bits per heavy atom. The van der Waals surface area contributed by atoms with Gasteiger partial charge in [0.25, 0.3) is 10.1 Å². The van der Waals surface area contributed by atoms with Crippen molar-refractivity contribution in [2.75, 3.05) is 6.61 Å². The number of benzene rings is 1. The summed E-state index contributed by atoms with van der Waals surface area (Å²) in [6, 6.07) is 6.35. The van der Waals surface area contributed by atoms with Crippen LogP contribution in [0.3, 0.4) is 0 Å². The maximum atomic E-state index is 14.1. The molecule has 7 heteroatoms. The van der Waals surface area contributed by atoms with Gasteiger partial charge in [-0.2, -0.15) is 8.42 Å². The zero-order chi connectivity index (χ0) is 27.0. The molecule has 0 aromatic heterocycles. The Balaban J connectivity index is 1.62. The lowest BCUT2D eigenvalue weighted by Gasteiger charge is -2.60. The summed E-state index contributed by atoms with van der Waals surface area (Å²) in [6.45, 7) is 8.86. The van der Waals surface area contributed by atoms with Crippen LogP contribution in [0.25, 0.3) is 0 Å². The fourth-order valence-corrected chi connectivity index (χ4v) is 8.60. The van der Waals surface area contributed by atoms with E-state index in [0.29, 0.717) is 42.9 Å². The highest BCUT2D eigenvalue weighted by Gasteiger charge is 2.60. The number of esters is 1. The van der Waals surface area contributed by atoms with E-state index in [1.807, 2.05) is 20.8 Å². The van der Waals surface area contributed by atoms with Crippen LogP contribution in [0, 0.1) is 41.9 Å². The third kappa shape index (κ3) is 5.27. The summed E-state index contributed by atoms with van der Waals surface area (Å²) in [4.78, 5) is 28.0. The van der Waals surface area contributed by atoms with Crippen molar-refractivity contribution in [2.45, 2.75) is 103 Å². The molecule has 4 saturated carbocycles. The minimum Gasteiger partial charge on any atom is -0.458 e. The Morgan fingerprint density at radius 1 is 1.00 bits per heavy atom. The number of carbonyl (C=O) groups excluding carboxylic acids is 2. The SMILES string of the molecule is CCCC(CC)C(=O)C(C)(COS(=O)(=O)c1ccc(C)cc1)C(=O)OC1(CC)C2CC3CC(C2)CC1C3. The summed E-state index contributed by atoms with van der Waals surface area (Å²) in [5, 5.41) is 0. The molecule has 2 atom stereocenters. The summed E-state index contributed by atoms with van der Waals surface area (Å²) in [7, 11) is -4.15. The van der Waals surface area contributed by atoms with Gasteiger partial charge in [0.2, 0.25) is 0 Å². The minimum atomic E-state index is -4.15. The van der Waals surface area contributed by atoms with E-state index in [9.17, 15) is 18.0 Å². The van der Waals surface area contributed by atoms with Crippen molar-refractivity contribution >= 4 is 21.9 Å². The molecule has 1 aromatic rings. The summed E-state index contributed by atoms with van der Waals surface area (Å²) < 4.78 is 38.0. The third-order valence-corrected chi connectivity index (χ3v) is 10.9. The average Bonchev–Trinajstić information content (AvgIpc) is 2.87. The lowest BCUT2D eigenvalue weighted by atomic mass is 9.49. The van der Waals surface area contributed by atoms with Crippen LogP contribution in [-0.2, 0) is 28.6 Å². The van der Waals surface area contributed by atoms with Gasteiger partial charge in [0.05, 0.1) is 11.5 Å². The van der Waals surface area contributed by atoms with Crippen molar-refractivity contribution < 1.29 is 26.9 Å². The summed E-state index contributed by atoms with van der Waals surface area (Å²) in [5.74, 6) is 0.788. The largest absolute Gasteiger partial charge is 0.458 e. The van der Waals surface area contributed by atoms with E-state index >= 15 is 0 Å².